The zero-order valence-corrected chi connectivity index (χ0v) is 13.5. The van der Waals surface area contributed by atoms with Crippen molar-refractivity contribution in [2.45, 2.75) is 38.8 Å². The van der Waals surface area contributed by atoms with Gasteiger partial charge in [0.25, 0.3) is 0 Å². The number of ketones is 1. The highest BCUT2D eigenvalue weighted by Crippen LogP contribution is 2.44. The Morgan fingerprint density at radius 2 is 1.64 bits per heavy atom. The van der Waals surface area contributed by atoms with Gasteiger partial charge >= 0.3 is 12.1 Å². The summed E-state index contributed by atoms with van der Waals surface area (Å²) in [5, 5.41) is 9.63. The number of halogens is 5. The predicted molar refractivity (Wildman–Crippen MR) is 82.2 cm³/mol. The average molecular weight is 361 g/mol. The number of hydrogen-bond acceptors (Lipinski definition) is 3. The second kappa shape index (κ2) is 6.24. The fourth-order valence-electron chi connectivity index (χ4n) is 2.60. The molecule has 1 fully saturated rings. The maximum Gasteiger partial charge on any atom is 0.461 e. The lowest BCUT2D eigenvalue weighted by atomic mass is 9.73. The van der Waals surface area contributed by atoms with Crippen molar-refractivity contribution in [3.63, 3.8) is 0 Å². The molecule has 0 unspecified atom stereocenters. The van der Waals surface area contributed by atoms with Crippen LogP contribution in [-0.4, -0.2) is 28.7 Å². The van der Waals surface area contributed by atoms with Crippen LogP contribution in [-0.2, 0) is 4.79 Å². The van der Waals surface area contributed by atoms with E-state index in [0.717, 1.165) is 0 Å². The molecule has 0 amide bonds. The van der Waals surface area contributed by atoms with Crippen molar-refractivity contribution in [3.8, 4) is 0 Å². The number of nitrogens with zero attached hydrogens (tertiary/aromatic N) is 1. The zero-order chi connectivity index (χ0) is 19.0. The molecule has 0 aliphatic heterocycles. The first-order valence-corrected chi connectivity index (χ1v) is 7.39. The van der Waals surface area contributed by atoms with E-state index in [0.29, 0.717) is 0 Å². The van der Waals surface area contributed by atoms with Gasteiger partial charge in [0.1, 0.15) is 0 Å². The molecule has 1 aliphatic rings. The van der Waals surface area contributed by atoms with Crippen molar-refractivity contribution in [1.82, 2.24) is 0 Å². The fraction of sp³-hybridized carbons (Fsp3) is 0.412. The first-order chi connectivity index (χ1) is 11.3. The van der Waals surface area contributed by atoms with Crippen molar-refractivity contribution in [3.05, 3.63) is 41.7 Å². The molecule has 0 atom stereocenters. The Labute approximate surface area is 140 Å². The molecule has 1 aliphatic carbocycles. The number of carbonyl (C=O) groups is 1. The topological polar surface area (TPSA) is 49.7 Å². The molecule has 0 aromatic heterocycles. The van der Waals surface area contributed by atoms with Crippen LogP contribution in [0.5, 0.6) is 0 Å². The molecule has 1 aromatic carbocycles. The molecule has 0 spiro atoms. The smallest absolute Gasteiger partial charge is 0.461 e. The Balaban J connectivity index is 2.65. The van der Waals surface area contributed by atoms with Gasteiger partial charge in [0.2, 0.25) is 0 Å². The normalized spacial score (nSPS) is 22.2. The van der Waals surface area contributed by atoms with E-state index < -0.39 is 34.6 Å². The van der Waals surface area contributed by atoms with Crippen LogP contribution in [0.25, 0.3) is 0 Å². The Morgan fingerprint density at radius 3 is 2.16 bits per heavy atom. The van der Waals surface area contributed by atoms with E-state index in [1.165, 1.54) is 12.1 Å². The van der Waals surface area contributed by atoms with Crippen molar-refractivity contribution in [2.24, 2.45) is 10.4 Å². The third-order valence-electron chi connectivity index (χ3n) is 3.76. The Bertz CT molecular complexity index is 733. The summed E-state index contributed by atoms with van der Waals surface area (Å²) >= 11 is 0. The largest absolute Gasteiger partial charge is 0.505 e. The van der Waals surface area contributed by atoms with Gasteiger partial charge in [-0.1, -0.05) is 32.0 Å². The number of alkyl halides is 5. The number of hydrogen-bond donors (Lipinski definition) is 1. The quantitative estimate of drug-likeness (QED) is 0.449. The first-order valence-electron chi connectivity index (χ1n) is 7.39. The monoisotopic (exact) mass is 361 g/mol. The van der Waals surface area contributed by atoms with E-state index in [2.05, 4.69) is 4.99 Å². The minimum Gasteiger partial charge on any atom is -0.505 e. The molecule has 1 N–H and O–H groups in total. The SMILES string of the molecule is CC1(C)CC(=O)/C(=C(/O)C(F)(F)C(F)(F)F)C(=Nc2ccccc2)C1. The number of aliphatic hydroxyl groups excluding tert-OH is 1. The number of benzene rings is 1. The Morgan fingerprint density at radius 1 is 1.08 bits per heavy atom. The molecule has 0 saturated heterocycles. The summed E-state index contributed by atoms with van der Waals surface area (Å²) in [6, 6.07) is 7.89. The Kier molecular flexibility index (Phi) is 4.76. The third kappa shape index (κ3) is 3.88. The molecule has 25 heavy (non-hydrogen) atoms. The van der Waals surface area contributed by atoms with Crippen LogP contribution >= 0.6 is 0 Å². The summed E-state index contributed by atoms with van der Waals surface area (Å²) < 4.78 is 64.8. The average Bonchev–Trinajstić information content (AvgIpc) is 2.45. The van der Waals surface area contributed by atoms with Crippen molar-refractivity contribution in [1.29, 1.82) is 0 Å². The number of aliphatic hydroxyl groups is 1. The van der Waals surface area contributed by atoms with Gasteiger partial charge in [-0.25, -0.2) is 0 Å². The molecule has 2 rings (SSSR count). The van der Waals surface area contributed by atoms with Gasteiger partial charge in [0.05, 0.1) is 17.0 Å². The molecule has 1 aromatic rings. The van der Waals surface area contributed by atoms with Crippen LogP contribution in [0.3, 0.4) is 0 Å². The van der Waals surface area contributed by atoms with Gasteiger partial charge in [-0.05, 0) is 24.0 Å². The van der Waals surface area contributed by atoms with Crippen molar-refractivity contribution in [2.75, 3.05) is 0 Å². The number of carbonyl (C=O) groups excluding carboxylic acids is 1. The molecule has 0 heterocycles. The summed E-state index contributed by atoms with van der Waals surface area (Å²) in [6.45, 7) is 3.34. The summed E-state index contributed by atoms with van der Waals surface area (Å²) in [7, 11) is 0. The van der Waals surface area contributed by atoms with Crippen LogP contribution < -0.4 is 0 Å². The summed E-state index contributed by atoms with van der Waals surface area (Å²) in [4.78, 5) is 16.3. The van der Waals surface area contributed by atoms with Gasteiger partial charge < -0.3 is 5.11 Å². The second-order valence-electron chi connectivity index (χ2n) is 6.63. The number of para-hydroxylation sites is 1. The van der Waals surface area contributed by atoms with E-state index in [-0.39, 0.29) is 24.2 Å². The minimum absolute atomic E-state index is 0.0268. The van der Waals surface area contributed by atoms with Crippen LogP contribution in [0, 0.1) is 5.41 Å². The highest BCUT2D eigenvalue weighted by Gasteiger charge is 2.62. The van der Waals surface area contributed by atoms with Crippen LogP contribution in [0.1, 0.15) is 26.7 Å². The summed E-state index contributed by atoms with van der Waals surface area (Å²) in [5.41, 5.74) is -1.73. The molecular weight excluding hydrogens is 345 g/mol. The maximum atomic E-state index is 13.5. The van der Waals surface area contributed by atoms with Gasteiger partial charge in [0, 0.05) is 6.42 Å². The molecule has 3 nitrogen and oxygen atoms in total. The lowest BCUT2D eigenvalue weighted by molar-refractivity contribution is -0.274. The van der Waals surface area contributed by atoms with E-state index >= 15 is 0 Å². The third-order valence-corrected chi connectivity index (χ3v) is 3.76. The lowest BCUT2D eigenvalue weighted by Gasteiger charge is -2.32. The zero-order valence-electron chi connectivity index (χ0n) is 13.5. The second-order valence-corrected chi connectivity index (χ2v) is 6.63. The molecule has 0 radical (unpaired) electrons. The minimum atomic E-state index is -6.02. The van der Waals surface area contributed by atoms with Gasteiger partial charge in [-0.2, -0.15) is 22.0 Å². The summed E-state index contributed by atoms with van der Waals surface area (Å²) in [5.74, 6) is -8.82. The van der Waals surface area contributed by atoms with Crippen molar-refractivity contribution < 1.29 is 31.9 Å². The van der Waals surface area contributed by atoms with Crippen LogP contribution in [0.2, 0.25) is 0 Å². The molecule has 8 heteroatoms. The number of allylic oxidation sites excluding steroid dienone is 2. The lowest BCUT2D eigenvalue weighted by Crippen LogP contribution is -2.42. The van der Waals surface area contributed by atoms with Crippen LogP contribution in [0.4, 0.5) is 27.6 Å². The molecule has 1 saturated carbocycles. The van der Waals surface area contributed by atoms with E-state index in [1.54, 1.807) is 32.0 Å². The maximum absolute atomic E-state index is 13.5. The molecular formula is C17H16F5NO2. The number of aliphatic imine (C=N–C) groups is 1. The fourth-order valence-corrected chi connectivity index (χ4v) is 2.60. The van der Waals surface area contributed by atoms with E-state index in [9.17, 15) is 31.9 Å². The first kappa shape index (κ1) is 19.1. The molecule has 0 bridgehead atoms. The highest BCUT2D eigenvalue weighted by atomic mass is 19.4. The number of Topliss-reactive ketones (excluding diaryl/α,β-unsaturated/α-hetero) is 1. The predicted octanol–water partition coefficient (Wildman–Crippen LogP) is 5.16. The van der Waals surface area contributed by atoms with Gasteiger partial charge in [-0.3, -0.25) is 9.79 Å². The molecule has 136 valence electrons. The van der Waals surface area contributed by atoms with E-state index in [1.807, 2.05) is 0 Å². The number of rotatable bonds is 2. The highest BCUT2D eigenvalue weighted by molar-refractivity contribution is 6.25. The van der Waals surface area contributed by atoms with Gasteiger partial charge in [-0.15, -0.1) is 0 Å². The Hall–Kier alpha value is -2.25. The summed E-state index contributed by atoms with van der Waals surface area (Å²) in [6.07, 6.45) is -6.32. The van der Waals surface area contributed by atoms with E-state index in [4.69, 9.17) is 0 Å². The van der Waals surface area contributed by atoms with Gasteiger partial charge in [0.15, 0.2) is 11.5 Å². The van der Waals surface area contributed by atoms with Crippen molar-refractivity contribution >= 4 is 17.2 Å². The standard InChI is InChI=1S/C17H16F5NO2/c1-15(2)8-11(23-10-6-4-3-5-7-10)13(12(24)9-15)14(25)16(18,19)17(20,21)22/h3-7,25H,8-9H2,1-2H3/b14-13+,23-11?. The van der Waals surface area contributed by atoms with Crippen LogP contribution in [0.15, 0.2) is 46.7 Å².